The summed E-state index contributed by atoms with van der Waals surface area (Å²) in [6.07, 6.45) is 8.46. The average molecular weight is 396 g/mol. The van der Waals surface area contributed by atoms with Crippen LogP contribution in [0.15, 0.2) is 12.7 Å². The molecule has 0 aromatic carbocycles. The molecule has 2 aliphatic heterocycles. The molecule has 3 N–H and O–H groups in total. The SMILES string of the molecule is C=CCNC(=O)OCC(=O)NCC1C2CCC(O2)C1CCCCCCC(=O)O. The van der Waals surface area contributed by atoms with E-state index >= 15 is 0 Å². The van der Waals surface area contributed by atoms with E-state index in [1.54, 1.807) is 0 Å². The van der Waals surface area contributed by atoms with Crippen molar-refractivity contribution in [3.8, 4) is 0 Å². The molecular formula is C20H32N2O6. The number of aliphatic carboxylic acids is 1. The Labute approximate surface area is 166 Å². The molecule has 0 saturated carbocycles. The van der Waals surface area contributed by atoms with E-state index in [0.29, 0.717) is 19.0 Å². The maximum Gasteiger partial charge on any atom is 0.407 e. The van der Waals surface area contributed by atoms with Crippen LogP contribution in [0.5, 0.6) is 0 Å². The van der Waals surface area contributed by atoms with Crippen LogP contribution in [0, 0.1) is 11.8 Å². The standard InChI is InChI=1S/C20H32N2O6/c1-2-11-21-20(26)27-13-18(23)22-12-15-14(16-9-10-17(15)28-16)7-5-3-4-6-8-19(24)25/h2,14-17H,1,3-13H2,(H,21,26)(H,22,23)(H,24,25). The first-order valence-corrected chi connectivity index (χ1v) is 10.2. The summed E-state index contributed by atoms with van der Waals surface area (Å²) < 4.78 is 10.9. The van der Waals surface area contributed by atoms with E-state index in [9.17, 15) is 14.4 Å². The molecule has 2 fully saturated rings. The molecule has 0 radical (unpaired) electrons. The monoisotopic (exact) mass is 396 g/mol. The topological polar surface area (TPSA) is 114 Å². The van der Waals surface area contributed by atoms with Crippen molar-refractivity contribution in [3.63, 3.8) is 0 Å². The van der Waals surface area contributed by atoms with Gasteiger partial charge in [-0.3, -0.25) is 9.59 Å². The van der Waals surface area contributed by atoms with Crippen molar-refractivity contribution in [1.29, 1.82) is 0 Å². The van der Waals surface area contributed by atoms with Crippen LogP contribution in [0.1, 0.15) is 51.4 Å². The lowest BCUT2D eigenvalue weighted by atomic mass is 9.76. The number of carboxylic acid groups (broad SMARTS) is 1. The highest BCUT2D eigenvalue weighted by Crippen LogP contribution is 2.45. The summed E-state index contributed by atoms with van der Waals surface area (Å²) in [7, 11) is 0. The van der Waals surface area contributed by atoms with Crippen LogP contribution in [0.3, 0.4) is 0 Å². The second-order valence-electron chi connectivity index (χ2n) is 7.51. The first-order chi connectivity index (χ1) is 13.5. The first-order valence-electron chi connectivity index (χ1n) is 10.2. The van der Waals surface area contributed by atoms with E-state index in [0.717, 1.165) is 44.9 Å². The number of rotatable bonds is 13. The molecule has 28 heavy (non-hydrogen) atoms. The Hall–Kier alpha value is -2.09. The van der Waals surface area contributed by atoms with Gasteiger partial charge in [-0.15, -0.1) is 6.58 Å². The molecule has 158 valence electrons. The number of hydrogen-bond donors (Lipinski definition) is 3. The molecule has 8 heteroatoms. The predicted octanol–water partition coefficient (Wildman–Crippen LogP) is 2.23. The van der Waals surface area contributed by atoms with Gasteiger partial charge in [0.25, 0.3) is 5.91 Å². The van der Waals surface area contributed by atoms with Crippen LogP contribution in [0.25, 0.3) is 0 Å². The van der Waals surface area contributed by atoms with E-state index in [1.807, 2.05) is 0 Å². The fourth-order valence-electron chi connectivity index (χ4n) is 4.18. The van der Waals surface area contributed by atoms with Crippen molar-refractivity contribution in [2.45, 2.75) is 63.6 Å². The summed E-state index contributed by atoms with van der Waals surface area (Å²) in [4.78, 5) is 33.8. The summed E-state index contributed by atoms with van der Waals surface area (Å²) in [6.45, 7) is 4.00. The Balaban J connectivity index is 1.66. The van der Waals surface area contributed by atoms with Crippen LogP contribution in [-0.4, -0.2) is 55.0 Å². The van der Waals surface area contributed by atoms with Gasteiger partial charge >= 0.3 is 12.1 Å². The highest BCUT2D eigenvalue weighted by Gasteiger charge is 2.48. The van der Waals surface area contributed by atoms with E-state index in [2.05, 4.69) is 17.2 Å². The molecule has 0 aromatic heterocycles. The lowest BCUT2D eigenvalue weighted by molar-refractivity contribution is -0.137. The van der Waals surface area contributed by atoms with Gasteiger partial charge in [0.1, 0.15) is 0 Å². The van der Waals surface area contributed by atoms with Crippen LogP contribution in [0.2, 0.25) is 0 Å². The molecule has 2 heterocycles. The Bertz CT molecular complexity index is 553. The Morgan fingerprint density at radius 1 is 1.07 bits per heavy atom. The van der Waals surface area contributed by atoms with Gasteiger partial charge in [0.2, 0.25) is 0 Å². The zero-order valence-electron chi connectivity index (χ0n) is 16.4. The minimum atomic E-state index is -0.737. The smallest absolute Gasteiger partial charge is 0.407 e. The molecule has 2 amide bonds. The largest absolute Gasteiger partial charge is 0.481 e. The lowest BCUT2D eigenvalue weighted by Gasteiger charge is -2.28. The number of nitrogens with one attached hydrogen (secondary N) is 2. The number of unbranched alkanes of at least 4 members (excludes halogenated alkanes) is 3. The zero-order chi connectivity index (χ0) is 20.4. The molecule has 2 saturated heterocycles. The zero-order valence-corrected chi connectivity index (χ0v) is 16.4. The number of carboxylic acids is 1. The van der Waals surface area contributed by atoms with Crippen LogP contribution in [0.4, 0.5) is 4.79 Å². The van der Waals surface area contributed by atoms with Gasteiger partial charge in [-0.2, -0.15) is 0 Å². The van der Waals surface area contributed by atoms with Crippen molar-refractivity contribution in [2.75, 3.05) is 19.7 Å². The highest BCUT2D eigenvalue weighted by atomic mass is 16.6. The van der Waals surface area contributed by atoms with Crippen LogP contribution < -0.4 is 10.6 Å². The maximum absolute atomic E-state index is 12.0. The molecule has 2 aliphatic rings. The average Bonchev–Trinajstić information content (AvgIpc) is 3.27. The van der Waals surface area contributed by atoms with Gasteiger partial charge in [0, 0.05) is 25.4 Å². The summed E-state index contributed by atoms with van der Waals surface area (Å²) in [5.41, 5.74) is 0. The summed E-state index contributed by atoms with van der Waals surface area (Å²) in [6, 6.07) is 0. The van der Waals surface area contributed by atoms with Gasteiger partial charge in [0.15, 0.2) is 6.61 Å². The van der Waals surface area contributed by atoms with Gasteiger partial charge < -0.3 is 25.2 Å². The van der Waals surface area contributed by atoms with E-state index in [-0.39, 0.29) is 37.1 Å². The normalized spacial score (nSPS) is 25.3. The molecule has 0 aromatic rings. The number of ether oxygens (including phenoxy) is 2. The highest BCUT2D eigenvalue weighted by molar-refractivity contribution is 5.80. The predicted molar refractivity (Wildman–Crippen MR) is 103 cm³/mol. The number of carbonyl (C=O) groups excluding carboxylic acids is 2. The number of amides is 2. The van der Waals surface area contributed by atoms with E-state index < -0.39 is 12.1 Å². The fourth-order valence-corrected chi connectivity index (χ4v) is 4.18. The molecule has 8 nitrogen and oxygen atoms in total. The van der Waals surface area contributed by atoms with Crippen molar-refractivity contribution < 1.29 is 29.0 Å². The van der Waals surface area contributed by atoms with E-state index in [1.165, 1.54) is 6.08 Å². The second kappa shape index (κ2) is 11.7. The third kappa shape index (κ3) is 7.14. The molecule has 0 aliphatic carbocycles. The summed E-state index contributed by atoms with van der Waals surface area (Å²) in [5, 5.41) is 14.0. The molecule has 4 atom stereocenters. The molecular weight excluding hydrogens is 364 g/mol. The number of alkyl carbamates (subject to hydrolysis) is 1. The number of hydrogen-bond acceptors (Lipinski definition) is 5. The minimum Gasteiger partial charge on any atom is -0.481 e. The lowest BCUT2D eigenvalue weighted by Crippen LogP contribution is -2.40. The minimum absolute atomic E-state index is 0.194. The quantitative estimate of drug-likeness (QED) is 0.325. The molecule has 2 bridgehead atoms. The first kappa shape index (κ1) is 22.2. The van der Waals surface area contributed by atoms with E-state index in [4.69, 9.17) is 14.6 Å². The van der Waals surface area contributed by atoms with Gasteiger partial charge in [-0.25, -0.2) is 4.79 Å². The molecule has 4 unspecified atom stereocenters. The van der Waals surface area contributed by atoms with Gasteiger partial charge in [-0.05, 0) is 31.6 Å². The third-order valence-corrected chi connectivity index (χ3v) is 5.53. The molecule has 2 rings (SSSR count). The number of carbonyl (C=O) groups is 3. The Morgan fingerprint density at radius 2 is 1.79 bits per heavy atom. The third-order valence-electron chi connectivity index (χ3n) is 5.53. The fraction of sp³-hybridized carbons (Fsp3) is 0.750. The summed E-state index contributed by atoms with van der Waals surface area (Å²) >= 11 is 0. The van der Waals surface area contributed by atoms with Gasteiger partial charge in [-0.1, -0.05) is 25.3 Å². The van der Waals surface area contributed by atoms with Crippen molar-refractivity contribution >= 4 is 18.0 Å². The Kier molecular flexibility index (Phi) is 9.27. The van der Waals surface area contributed by atoms with Crippen LogP contribution in [-0.2, 0) is 19.1 Å². The number of fused-ring (bicyclic) bond motifs is 2. The molecule has 0 spiro atoms. The van der Waals surface area contributed by atoms with Gasteiger partial charge in [0.05, 0.1) is 12.2 Å². The second-order valence-corrected chi connectivity index (χ2v) is 7.51. The Morgan fingerprint density at radius 3 is 2.50 bits per heavy atom. The summed E-state index contributed by atoms with van der Waals surface area (Å²) in [5.74, 6) is -0.338. The van der Waals surface area contributed by atoms with Crippen molar-refractivity contribution in [3.05, 3.63) is 12.7 Å². The van der Waals surface area contributed by atoms with Crippen molar-refractivity contribution in [2.24, 2.45) is 11.8 Å². The van der Waals surface area contributed by atoms with Crippen molar-refractivity contribution in [1.82, 2.24) is 10.6 Å². The maximum atomic E-state index is 12.0. The van der Waals surface area contributed by atoms with Crippen LogP contribution >= 0.6 is 0 Å².